The Balaban J connectivity index is 2.15. The molecule has 1 aromatic heterocycles. The van der Waals surface area contributed by atoms with E-state index in [4.69, 9.17) is 16.7 Å². The summed E-state index contributed by atoms with van der Waals surface area (Å²) in [7, 11) is 0. The van der Waals surface area contributed by atoms with Crippen molar-refractivity contribution in [2.24, 2.45) is 0 Å². The van der Waals surface area contributed by atoms with E-state index in [2.05, 4.69) is 22.1 Å². The molecule has 0 saturated carbocycles. The molecule has 2 aromatic rings. The zero-order valence-electron chi connectivity index (χ0n) is 10.4. The van der Waals surface area contributed by atoms with Gasteiger partial charge in [-0.2, -0.15) is 0 Å². The Morgan fingerprint density at radius 2 is 2.20 bits per heavy atom. The standard InChI is InChI=1S/C15H11ClN2O2/c16-13-5-1-4-12(10-13)15(20)18-14-9-11(3-2-8-19)6-7-17-14/h1,4-7,9-10,19H,8H2,(H,17,18,20). The number of pyridine rings is 1. The van der Waals surface area contributed by atoms with Gasteiger partial charge >= 0.3 is 0 Å². The normalized spacial score (nSPS) is 9.50. The highest BCUT2D eigenvalue weighted by molar-refractivity contribution is 6.31. The fourth-order valence-electron chi connectivity index (χ4n) is 1.54. The second kappa shape index (κ2) is 6.71. The van der Waals surface area contributed by atoms with Crippen LogP contribution < -0.4 is 5.32 Å². The molecule has 100 valence electrons. The Morgan fingerprint density at radius 3 is 2.95 bits per heavy atom. The number of carbonyl (C=O) groups is 1. The Kier molecular flexibility index (Phi) is 4.72. The zero-order chi connectivity index (χ0) is 14.4. The number of aliphatic hydroxyl groups is 1. The Bertz CT molecular complexity index is 690. The third-order valence-corrected chi connectivity index (χ3v) is 2.64. The van der Waals surface area contributed by atoms with Gasteiger partial charge in [-0.25, -0.2) is 4.98 Å². The molecule has 0 fully saturated rings. The van der Waals surface area contributed by atoms with Gasteiger partial charge in [-0.3, -0.25) is 4.79 Å². The minimum Gasteiger partial charge on any atom is -0.384 e. The first-order valence-corrected chi connectivity index (χ1v) is 6.19. The number of nitrogens with zero attached hydrogens (tertiary/aromatic N) is 1. The summed E-state index contributed by atoms with van der Waals surface area (Å²) in [6.07, 6.45) is 1.54. The Hall–Kier alpha value is -2.35. The van der Waals surface area contributed by atoms with Crippen molar-refractivity contribution >= 4 is 23.3 Å². The molecule has 0 saturated heterocycles. The van der Waals surface area contributed by atoms with Gasteiger partial charge in [0.05, 0.1) is 0 Å². The first kappa shape index (κ1) is 14.1. The number of amides is 1. The maximum absolute atomic E-state index is 12.0. The summed E-state index contributed by atoms with van der Waals surface area (Å²) in [5.41, 5.74) is 1.11. The lowest BCUT2D eigenvalue weighted by molar-refractivity contribution is 0.102. The van der Waals surface area contributed by atoms with Crippen LogP contribution in [0.1, 0.15) is 15.9 Å². The van der Waals surface area contributed by atoms with Crippen molar-refractivity contribution in [2.45, 2.75) is 0 Å². The quantitative estimate of drug-likeness (QED) is 0.833. The van der Waals surface area contributed by atoms with E-state index in [0.717, 1.165) is 0 Å². The molecule has 0 radical (unpaired) electrons. The molecule has 1 heterocycles. The van der Waals surface area contributed by atoms with Crippen LogP contribution in [0.3, 0.4) is 0 Å². The predicted octanol–water partition coefficient (Wildman–Crippen LogP) is 2.33. The van der Waals surface area contributed by atoms with Crippen LogP contribution in [0.4, 0.5) is 5.82 Å². The molecule has 2 rings (SSSR count). The van der Waals surface area contributed by atoms with Crippen molar-refractivity contribution in [3.05, 3.63) is 58.7 Å². The molecule has 0 aliphatic carbocycles. The molecule has 0 unspecified atom stereocenters. The van der Waals surface area contributed by atoms with Crippen LogP contribution in [0.25, 0.3) is 0 Å². The first-order valence-electron chi connectivity index (χ1n) is 5.82. The van der Waals surface area contributed by atoms with E-state index in [-0.39, 0.29) is 12.5 Å². The van der Waals surface area contributed by atoms with Gasteiger partial charge in [0.2, 0.25) is 0 Å². The summed E-state index contributed by atoms with van der Waals surface area (Å²) in [6.45, 7) is -0.216. The molecule has 1 aromatic carbocycles. The van der Waals surface area contributed by atoms with Gasteiger partial charge in [0.15, 0.2) is 0 Å². The van der Waals surface area contributed by atoms with E-state index < -0.39 is 0 Å². The maximum atomic E-state index is 12.0. The molecule has 0 bridgehead atoms. The molecule has 1 amide bonds. The molecule has 4 nitrogen and oxygen atoms in total. The highest BCUT2D eigenvalue weighted by Crippen LogP contribution is 2.13. The predicted molar refractivity (Wildman–Crippen MR) is 77.6 cm³/mol. The lowest BCUT2D eigenvalue weighted by Gasteiger charge is -2.05. The monoisotopic (exact) mass is 286 g/mol. The van der Waals surface area contributed by atoms with Crippen LogP contribution in [-0.4, -0.2) is 22.6 Å². The number of hydrogen-bond donors (Lipinski definition) is 2. The average molecular weight is 287 g/mol. The van der Waals surface area contributed by atoms with Crippen molar-refractivity contribution < 1.29 is 9.90 Å². The zero-order valence-corrected chi connectivity index (χ0v) is 11.2. The van der Waals surface area contributed by atoms with Gasteiger partial charge in [0, 0.05) is 22.3 Å². The Labute approximate surface area is 121 Å². The van der Waals surface area contributed by atoms with Gasteiger partial charge in [-0.15, -0.1) is 0 Å². The summed E-state index contributed by atoms with van der Waals surface area (Å²) in [5.74, 6) is 5.37. The van der Waals surface area contributed by atoms with Crippen molar-refractivity contribution in [1.82, 2.24) is 4.98 Å². The number of nitrogens with one attached hydrogen (secondary N) is 1. The molecular weight excluding hydrogens is 276 g/mol. The molecular formula is C15H11ClN2O2. The van der Waals surface area contributed by atoms with Crippen molar-refractivity contribution in [3.63, 3.8) is 0 Å². The van der Waals surface area contributed by atoms with Crippen LogP contribution in [0.15, 0.2) is 42.6 Å². The third kappa shape index (κ3) is 3.82. The second-order valence-electron chi connectivity index (χ2n) is 3.85. The number of hydrogen-bond acceptors (Lipinski definition) is 3. The summed E-state index contributed by atoms with van der Waals surface area (Å²) in [5, 5.41) is 11.8. The van der Waals surface area contributed by atoms with Gasteiger partial charge in [-0.05, 0) is 30.3 Å². The fourth-order valence-corrected chi connectivity index (χ4v) is 1.73. The number of carbonyl (C=O) groups excluding carboxylic acids is 1. The molecule has 0 aliphatic heterocycles. The van der Waals surface area contributed by atoms with E-state index in [1.807, 2.05) is 0 Å². The fraction of sp³-hybridized carbons (Fsp3) is 0.0667. The average Bonchev–Trinajstić information content (AvgIpc) is 2.45. The van der Waals surface area contributed by atoms with E-state index in [1.54, 1.807) is 36.4 Å². The smallest absolute Gasteiger partial charge is 0.256 e. The number of anilines is 1. The highest BCUT2D eigenvalue weighted by Gasteiger charge is 2.07. The number of benzene rings is 1. The van der Waals surface area contributed by atoms with Crippen molar-refractivity contribution in [2.75, 3.05) is 11.9 Å². The maximum Gasteiger partial charge on any atom is 0.256 e. The largest absolute Gasteiger partial charge is 0.384 e. The summed E-state index contributed by atoms with van der Waals surface area (Å²) >= 11 is 5.84. The van der Waals surface area contributed by atoms with Gasteiger partial charge in [0.25, 0.3) is 5.91 Å². The third-order valence-electron chi connectivity index (χ3n) is 2.40. The lowest BCUT2D eigenvalue weighted by atomic mass is 10.2. The molecule has 0 aliphatic rings. The van der Waals surface area contributed by atoms with Gasteiger partial charge in [0.1, 0.15) is 12.4 Å². The van der Waals surface area contributed by atoms with Crippen LogP contribution in [-0.2, 0) is 0 Å². The minimum atomic E-state index is -0.299. The second-order valence-corrected chi connectivity index (χ2v) is 4.29. The minimum absolute atomic E-state index is 0.216. The molecule has 0 spiro atoms. The number of aromatic nitrogens is 1. The van der Waals surface area contributed by atoms with Gasteiger partial charge in [-0.1, -0.05) is 29.5 Å². The van der Waals surface area contributed by atoms with Crippen LogP contribution in [0, 0.1) is 11.8 Å². The molecule has 5 heteroatoms. The molecule has 0 atom stereocenters. The summed E-state index contributed by atoms with van der Waals surface area (Å²) in [6, 6.07) is 9.96. The number of aliphatic hydroxyl groups excluding tert-OH is 1. The molecule has 20 heavy (non-hydrogen) atoms. The van der Waals surface area contributed by atoms with Crippen molar-refractivity contribution in [1.29, 1.82) is 0 Å². The van der Waals surface area contributed by atoms with Crippen LogP contribution in [0.5, 0.6) is 0 Å². The van der Waals surface area contributed by atoms with E-state index in [0.29, 0.717) is 22.0 Å². The number of rotatable bonds is 2. The first-order chi connectivity index (χ1) is 9.69. The van der Waals surface area contributed by atoms with Gasteiger partial charge < -0.3 is 10.4 Å². The van der Waals surface area contributed by atoms with E-state index in [1.165, 1.54) is 6.20 Å². The van der Waals surface area contributed by atoms with Crippen molar-refractivity contribution in [3.8, 4) is 11.8 Å². The van der Waals surface area contributed by atoms with E-state index >= 15 is 0 Å². The summed E-state index contributed by atoms with van der Waals surface area (Å²) in [4.78, 5) is 16.0. The highest BCUT2D eigenvalue weighted by atomic mass is 35.5. The topological polar surface area (TPSA) is 62.2 Å². The number of halogens is 1. The Morgan fingerprint density at radius 1 is 1.35 bits per heavy atom. The van der Waals surface area contributed by atoms with E-state index in [9.17, 15) is 4.79 Å². The summed E-state index contributed by atoms with van der Waals surface area (Å²) < 4.78 is 0. The van der Waals surface area contributed by atoms with Crippen LogP contribution >= 0.6 is 11.6 Å². The van der Waals surface area contributed by atoms with Crippen LogP contribution in [0.2, 0.25) is 5.02 Å². The molecule has 2 N–H and O–H groups in total. The SMILES string of the molecule is O=C(Nc1cc(C#CCO)ccn1)c1cccc(Cl)c1. The lowest BCUT2D eigenvalue weighted by Crippen LogP contribution is -2.12.